The normalized spacial score (nSPS) is 11.1. The van der Waals surface area contributed by atoms with Crippen molar-refractivity contribution in [2.45, 2.75) is 11.8 Å². The second-order valence-corrected chi connectivity index (χ2v) is 6.93. The van der Waals surface area contributed by atoms with E-state index >= 15 is 0 Å². The van der Waals surface area contributed by atoms with Crippen LogP contribution in [0.2, 0.25) is 5.02 Å². The fraction of sp³-hybridized carbons (Fsp3) is 0.133. The Bertz CT molecular complexity index is 885. The molecule has 2 N–H and O–H groups in total. The lowest BCUT2D eigenvalue weighted by Crippen LogP contribution is -2.14. The van der Waals surface area contributed by atoms with E-state index in [4.69, 9.17) is 21.4 Å². The molecule has 0 fully saturated rings. The average molecular weight is 374 g/mol. The standard InChI is InChI=1S/C15H13ClFNO5S/c1-9-6-11(3-5-14(9)23-8-15(19)20)24(21,22)18-13-4-2-10(17)7-12(13)16/h2-7,18H,8H2,1H3,(H,19,20). The molecule has 0 aromatic heterocycles. The van der Waals surface area contributed by atoms with Crippen LogP contribution in [0.25, 0.3) is 0 Å². The number of rotatable bonds is 6. The number of aryl methyl sites for hydroxylation is 1. The Morgan fingerprint density at radius 1 is 1.29 bits per heavy atom. The van der Waals surface area contributed by atoms with E-state index in [9.17, 15) is 17.6 Å². The lowest BCUT2D eigenvalue weighted by atomic mass is 10.2. The van der Waals surface area contributed by atoms with Crippen molar-refractivity contribution in [2.24, 2.45) is 0 Å². The smallest absolute Gasteiger partial charge is 0.341 e. The highest BCUT2D eigenvalue weighted by molar-refractivity contribution is 7.92. The molecule has 0 heterocycles. The minimum absolute atomic E-state index is 0.0434. The van der Waals surface area contributed by atoms with E-state index in [1.165, 1.54) is 24.3 Å². The maximum absolute atomic E-state index is 13.0. The van der Waals surface area contributed by atoms with Crippen LogP contribution in [-0.4, -0.2) is 26.1 Å². The molecule has 0 unspecified atom stereocenters. The molecular formula is C15H13ClFNO5S. The van der Waals surface area contributed by atoms with Gasteiger partial charge >= 0.3 is 5.97 Å². The summed E-state index contributed by atoms with van der Waals surface area (Å²) in [5.41, 5.74) is 0.492. The number of sulfonamides is 1. The molecule has 128 valence electrons. The SMILES string of the molecule is Cc1cc(S(=O)(=O)Nc2ccc(F)cc2Cl)ccc1OCC(=O)O. The van der Waals surface area contributed by atoms with E-state index in [-0.39, 0.29) is 21.4 Å². The molecule has 0 atom stereocenters. The fourth-order valence-corrected chi connectivity index (χ4v) is 3.30. The highest BCUT2D eigenvalue weighted by atomic mass is 35.5. The molecular weight excluding hydrogens is 361 g/mol. The van der Waals surface area contributed by atoms with Gasteiger partial charge in [-0.05, 0) is 48.9 Å². The minimum Gasteiger partial charge on any atom is -0.482 e. The first-order valence-electron chi connectivity index (χ1n) is 6.62. The Labute approximate surface area is 142 Å². The molecule has 0 aliphatic rings. The van der Waals surface area contributed by atoms with Gasteiger partial charge in [-0.3, -0.25) is 4.72 Å². The van der Waals surface area contributed by atoms with E-state index in [2.05, 4.69) is 4.72 Å². The molecule has 6 nitrogen and oxygen atoms in total. The Morgan fingerprint density at radius 3 is 2.58 bits per heavy atom. The highest BCUT2D eigenvalue weighted by Crippen LogP contribution is 2.27. The number of aliphatic carboxylic acids is 1. The Hall–Kier alpha value is -2.32. The average Bonchev–Trinajstić information content (AvgIpc) is 2.48. The molecule has 0 spiro atoms. The summed E-state index contributed by atoms with van der Waals surface area (Å²) in [5, 5.41) is 8.52. The largest absolute Gasteiger partial charge is 0.482 e. The van der Waals surface area contributed by atoms with Crippen molar-refractivity contribution in [2.75, 3.05) is 11.3 Å². The van der Waals surface area contributed by atoms with E-state index in [1.54, 1.807) is 6.92 Å². The Morgan fingerprint density at radius 2 is 2.00 bits per heavy atom. The third-order valence-corrected chi connectivity index (χ3v) is 4.66. The second-order valence-electron chi connectivity index (χ2n) is 4.84. The molecule has 0 aliphatic carbocycles. The van der Waals surface area contributed by atoms with Gasteiger partial charge in [-0.25, -0.2) is 17.6 Å². The lowest BCUT2D eigenvalue weighted by molar-refractivity contribution is -0.139. The highest BCUT2D eigenvalue weighted by Gasteiger charge is 2.17. The topological polar surface area (TPSA) is 92.7 Å². The van der Waals surface area contributed by atoms with Crippen molar-refractivity contribution < 1.29 is 27.4 Å². The van der Waals surface area contributed by atoms with Crippen LogP contribution in [0.3, 0.4) is 0 Å². The van der Waals surface area contributed by atoms with Crippen LogP contribution in [0.5, 0.6) is 5.75 Å². The van der Waals surface area contributed by atoms with Gasteiger partial charge in [0.2, 0.25) is 0 Å². The van der Waals surface area contributed by atoms with Crippen LogP contribution in [0.4, 0.5) is 10.1 Å². The first kappa shape index (κ1) is 18.0. The number of halogens is 2. The van der Waals surface area contributed by atoms with Crippen molar-refractivity contribution >= 4 is 33.3 Å². The predicted octanol–water partition coefficient (Wildman–Crippen LogP) is 3.05. The molecule has 0 saturated carbocycles. The number of benzene rings is 2. The molecule has 2 aromatic carbocycles. The summed E-state index contributed by atoms with van der Waals surface area (Å²) in [7, 11) is -3.95. The molecule has 2 aromatic rings. The van der Waals surface area contributed by atoms with Crippen molar-refractivity contribution in [3.8, 4) is 5.75 Å². The number of hydrogen-bond donors (Lipinski definition) is 2. The number of anilines is 1. The van der Waals surface area contributed by atoms with Crippen LogP contribution in [0.1, 0.15) is 5.56 Å². The van der Waals surface area contributed by atoms with Gasteiger partial charge in [0.25, 0.3) is 10.0 Å². The molecule has 0 aliphatic heterocycles. The van der Waals surface area contributed by atoms with Crippen LogP contribution < -0.4 is 9.46 Å². The first-order chi connectivity index (χ1) is 11.2. The van der Waals surface area contributed by atoms with E-state index in [0.717, 1.165) is 12.1 Å². The number of carbonyl (C=O) groups is 1. The Balaban J connectivity index is 2.26. The predicted molar refractivity (Wildman–Crippen MR) is 86.5 cm³/mol. The number of hydrogen-bond acceptors (Lipinski definition) is 4. The first-order valence-corrected chi connectivity index (χ1v) is 8.48. The summed E-state index contributed by atoms with van der Waals surface area (Å²) in [6.45, 7) is 1.05. The van der Waals surface area contributed by atoms with Crippen LogP contribution in [0, 0.1) is 12.7 Å². The van der Waals surface area contributed by atoms with Gasteiger partial charge in [-0.1, -0.05) is 11.6 Å². The third kappa shape index (κ3) is 4.36. The van der Waals surface area contributed by atoms with Gasteiger partial charge in [0, 0.05) is 0 Å². The summed E-state index contributed by atoms with van der Waals surface area (Å²) < 4.78 is 45.1. The summed E-state index contributed by atoms with van der Waals surface area (Å²) in [4.78, 5) is 10.4. The van der Waals surface area contributed by atoms with Crippen LogP contribution >= 0.6 is 11.6 Å². The fourth-order valence-electron chi connectivity index (χ4n) is 1.87. The molecule has 0 radical (unpaired) electrons. The summed E-state index contributed by atoms with van der Waals surface area (Å²) in [5.74, 6) is -1.46. The zero-order valence-electron chi connectivity index (χ0n) is 12.4. The maximum Gasteiger partial charge on any atom is 0.341 e. The number of carboxylic acids is 1. The van der Waals surface area contributed by atoms with E-state index < -0.39 is 28.4 Å². The third-order valence-electron chi connectivity index (χ3n) is 2.98. The molecule has 0 bridgehead atoms. The molecule has 9 heteroatoms. The number of nitrogens with one attached hydrogen (secondary N) is 1. The van der Waals surface area contributed by atoms with E-state index in [1.807, 2.05) is 0 Å². The van der Waals surface area contributed by atoms with Crippen molar-refractivity contribution in [3.05, 3.63) is 52.8 Å². The van der Waals surface area contributed by atoms with Crippen LogP contribution in [-0.2, 0) is 14.8 Å². The van der Waals surface area contributed by atoms with Gasteiger partial charge in [0.15, 0.2) is 6.61 Å². The van der Waals surface area contributed by atoms with Crippen molar-refractivity contribution in [1.29, 1.82) is 0 Å². The molecule has 24 heavy (non-hydrogen) atoms. The number of ether oxygens (including phenoxy) is 1. The zero-order valence-corrected chi connectivity index (χ0v) is 14.0. The van der Waals surface area contributed by atoms with Gasteiger partial charge in [-0.2, -0.15) is 0 Å². The second kappa shape index (κ2) is 7.06. The maximum atomic E-state index is 13.0. The van der Waals surface area contributed by atoms with Gasteiger partial charge in [0.1, 0.15) is 11.6 Å². The van der Waals surface area contributed by atoms with E-state index in [0.29, 0.717) is 5.56 Å². The molecule has 0 amide bonds. The van der Waals surface area contributed by atoms with Crippen molar-refractivity contribution in [1.82, 2.24) is 0 Å². The molecule has 2 rings (SSSR count). The van der Waals surface area contributed by atoms with Gasteiger partial charge in [-0.15, -0.1) is 0 Å². The Kier molecular flexibility index (Phi) is 5.30. The summed E-state index contributed by atoms with van der Waals surface area (Å²) in [6.07, 6.45) is 0. The zero-order chi connectivity index (χ0) is 17.9. The quantitative estimate of drug-likeness (QED) is 0.811. The lowest BCUT2D eigenvalue weighted by Gasteiger charge is -2.12. The van der Waals surface area contributed by atoms with Gasteiger partial charge < -0.3 is 9.84 Å². The van der Waals surface area contributed by atoms with Crippen LogP contribution in [0.15, 0.2) is 41.3 Å². The minimum atomic E-state index is -3.95. The van der Waals surface area contributed by atoms with Gasteiger partial charge in [0.05, 0.1) is 15.6 Å². The summed E-state index contributed by atoms with van der Waals surface area (Å²) >= 11 is 5.81. The monoisotopic (exact) mass is 373 g/mol. The van der Waals surface area contributed by atoms with Crippen molar-refractivity contribution in [3.63, 3.8) is 0 Å². The summed E-state index contributed by atoms with van der Waals surface area (Å²) in [6, 6.07) is 7.25. The molecule has 0 saturated heterocycles. The number of carboxylic acid groups (broad SMARTS) is 1.